The standard InChI is InChI=1S/C50H58N4O16S2/c1-29(55)67-43-45(57)53(23-21-51(3)4)33-17-13-15-19-39(33)71-49(43,31-25-35(61-7)41(65-11)36(26-31)62-8)69-47(59)48(60)70-50(32-27-37(63-9)42(66-12)38(28-32)64-10)44(68-30(2)56)46(58)54(24-22-52(5)6)34-18-14-16-20-40(34)72-50/h13-20,25-28,43-44H,21-24H2,1-12H3. The van der Waals surface area contributed by atoms with Crippen LogP contribution in [0.4, 0.5) is 11.4 Å². The van der Waals surface area contributed by atoms with Gasteiger partial charge in [0.25, 0.3) is 11.8 Å². The van der Waals surface area contributed by atoms with Crippen molar-refractivity contribution in [3.05, 3.63) is 83.9 Å². The Morgan fingerprint density at radius 2 is 0.847 bits per heavy atom. The Morgan fingerprint density at radius 3 is 1.12 bits per heavy atom. The summed E-state index contributed by atoms with van der Waals surface area (Å²) in [6, 6.07) is 19.1. The Balaban J connectivity index is 1.64. The molecule has 0 bridgehead atoms. The zero-order valence-electron chi connectivity index (χ0n) is 42.0. The quantitative estimate of drug-likeness (QED) is 0.0722. The number of nitrogens with zero attached hydrogens (tertiary/aromatic N) is 4. The Bertz CT molecular complexity index is 2470. The van der Waals surface area contributed by atoms with E-state index in [1.807, 2.05) is 38.0 Å². The number of esters is 4. The number of hydrogen-bond donors (Lipinski definition) is 0. The first-order valence-corrected chi connectivity index (χ1v) is 23.9. The van der Waals surface area contributed by atoms with E-state index in [9.17, 15) is 9.59 Å². The van der Waals surface area contributed by atoms with Gasteiger partial charge in [0.05, 0.1) is 54.0 Å². The predicted octanol–water partition coefficient (Wildman–Crippen LogP) is 5.09. The Labute approximate surface area is 425 Å². The number of carbonyl (C=O) groups excluding carboxylic acids is 6. The maximum Gasteiger partial charge on any atom is 0.419 e. The molecule has 0 N–H and O–H groups in total. The second-order valence-corrected chi connectivity index (χ2v) is 19.1. The summed E-state index contributed by atoms with van der Waals surface area (Å²) in [6.45, 7) is 3.00. The lowest BCUT2D eigenvalue weighted by Crippen LogP contribution is -2.55. The molecule has 4 aromatic rings. The van der Waals surface area contributed by atoms with Crippen LogP contribution in [0.5, 0.6) is 34.5 Å². The van der Waals surface area contributed by atoms with Crippen LogP contribution in [0, 0.1) is 0 Å². The normalized spacial score (nSPS) is 19.5. The molecular formula is C50H58N4O16S2. The van der Waals surface area contributed by atoms with Crippen LogP contribution in [0.2, 0.25) is 0 Å². The monoisotopic (exact) mass is 1030 g/mol. The van der Waals surface area contributed by atoms with Crippen LogP contribution in [-0.2, 0) is 57.6 Å². The largest absolute Gasteiger partial charge is 0.493 e. The molecule has 2 amide bonds. The van der Waals surface area contributed by atoms with Crippen LogP contribution in [0.3, 0.4) is 0 Å². The lowest BCUT2D eigenvalue weighted by atomic mass is 9.99. The fourth-order valence-electron chi connectivity index (χ4n) is 8.07. The number of carbonyl (C=O) groups is 6. The van der Waals surface area contributed by atoms with Crippen LogP contribution >= 0.6 is 23.5 Å². The van der Waals surface area contributed by atoms with E-state index in [1.54, 1.807) is 48.5 Å². The summed E-state index contributed by atoms with van der Waals surface area (Å²) in [5.74, 6) is -6.65. The second kappa shape index (κ2) is 23.1. The molecule has 4 aromatic carbocycles. The maximum absolute atomic E-state index is 15.3. The SMILES string of the molecule is COc1cc(C2(OC(=O)C(=O)OC3(c4cc(OC)c(OC)c(OC)c4)Sc4ccccc4N(CCN(C)C)C(=O)C3OC(C)=O)Sc3ccccc3N(CCN(C)C)C(=O)C2OC(C)=O)cc(OC)c1OC. The van der Waals surface area contributed by atoms with Gasteiger partial charge in [-0.3, -0.25) is 19.2 Å². The first-order chi connectivity index (χ1) is 34.3. The fraction of sp³-hybridized carbons (Fsp3) is 0.400. The molecule has 386 valence electrons. The number of hydrogen-bond acceptors (Lipinski definition) is 20. The molecule has 0 spiro atoms. The highest BCUT2D eigenvalue weighted by molar-refractivity contribution is 8.00. The van der Waals surface area contributed by atoms with Gasteiger partial charge < -0.3 is 67.0 Å². The van der Waals surface area contributed by atoms with E-state index in [0.29, 0.717) is 34.3 Å². The lowest BCUT2D eigenvalue weighted by Gasteiger charge is -2.39. The van der Waals surface area contributed by atoms with Gasteiger partial charge >= 0.3 is 23.9 Å². The van der Waals surface area contributed by atoms with Gasteiger partial charge in [-0.2, -0.15) is 0 Å². The predicted molar refractivity (Wildman–Crippen MR) is 265 cm³/mol. The molecule has 0 saturated heterocycles. The van der Waals surface area contributed by atoms with Crippen molar-refractivity contribution < 1.29 is 76.1 Å². The van der Waals surface area contributed by atoms with Crippen molar-refractivity contribution in [3.63, 3.8) is 0 Å². The molecular weight excluding hydrogens is 977 g/mol. The van der Waals surface area contributed by atoms with E-state index in [4.69, 9.17) is 47.4 Å². The molecule has 4 atom stereocenters. The number of methoxy groups -OCH3 is 6. The number of likely N-dealkylation sites (N-methyl/N-ethyl adjacent to an activating group) is 2. The number of thioether (sulfide) groups is 2. The molecule has 6 rings (SSSR count). The summed E-state index contributed by atoms with van der Waals surface area (Å²) >= 11 is 1.58. The van der Waals surface area contributed by atoms with Gasteiger partial charge in [-0.1, -0.05) is 47.8 Å². The number of ether oxygens (including phenoxy) is 10. The highest BCUT2D eigenvalue weighted by Crippen LogP contribution is 2.57. The summed E-state index contributed by atoms with van der Waals surface area (Å²) in [5.41, 5.74) is 0.619. The van der Waals surface area contributed by atoms with Crippen LogP contribution < -0.4 is 38.2 Å². The van der Waals surface area contributed by atoms with Crippen molar-refractivity contribution in [2.75, 3.05) is 107 Å². The minimum Gasteiger partial charge on any atom is -0.493 e. The molecule has 0 saturated carbocycles. The van der Waals surface area contributed by atoms with Gasteiger partial charge in [-0.25, -0.2) is 9.59 Å². The van der Waals surface area contributed by atoms with Crippen LogP contribution in [0.15, 0.2) is 82.6 Å². The molecule has 2 heterocycles. The average molecular weight is 1040 g/mol. The smallest absolute Gasteiger partial charge is 0.419 e. The van der Waals surface area contributed by atoms with Crippen molar-refractivity contribution >= 4 is 70.6 Å². The summed E-state index contributed by atoms with van der Waals surface area (Å²) in [7, 11) is 15.4. The number of fused-ring (bicyclic) bond motifs is 2. The zero-order chi connectivity index (χ0) is 52.7. The van der Waals surface area contributed by atoms with Gasteiger partial charge in [0.15, 0.2) is 23.0 Å². The first-order valence-electron chi connectivity index (χ1n) is 22.2. The highest BCUT2D eigenvalue weighted by Gasteiger charge is 2.60. The van der Waals surface area contributed by atoms with Crippen molar-refractivity contribution in [1.82, 2.24) is 9.80 Å². The van der Waals surface area contributed by atoms with E-state index in [2.05, 4.69) is 0 Å². The van der Waals surface area contributed by atoms with E-state index < -0.39 is 57.8 Å². The third-order valence-electron chi connectivity index (χ3n) is 11.4. The molecule has 2 aliphatic heterocycles. The molecule has 0 radical (unpaired) electrons. The van der Waals surface area contributed by atoms with Crippen LogP contribution in [-0.4, -0.2) is 155 Å². The second-order valence-electron chi connectivity index (χ2n) is 16.6. The first kappa shape index (κ1) is 54.5. The van der Waals surface area contributed by atoms with Crippen LogP contribution in [0.1, 0.15) is 25.0 Å². The molecule has 20 nitrogen and oxygen atoms in total. The van der Waals surface area contributed by atoms with Crippen molar-refractivity contribution in [3.8, 4) is 34.5 Å². The van der Waals surface area contributed by atoms with Gasteiger partial charge in [-0.05, 0) is 76.7 Å². The molecule has 0 fully saturated rings. The van der Waals surface area contributed by atoms with Crippen molar-refractivity contribution in [2.24, 2.45) is 0 Å². The number of anilines is 2. The van der Waals surface area contributed by atoms with Crippen LogP contribution in [0.25, 0.3) is 0 Å². The summed E-state index contributed by atoms with van der Waals surface area (Å²) < 4.78 is 58.9. The van der Waals surface area contributed by atoms with E-state index in [1.165, 1.54) is 76.7 Å². The van der Waals surface area contributed by atoms with Gasteiger partial charge in [0.2, 0.25) is 33.6 Å². The molecule has 72 heavy (non-hydrogen) atoms. The average Bonchev–Trinajstić information content (AvgIpc) is 3.51. The number of rotatable bonds is 18. The summed E-state index contributed by atoms with van der Waals surface area (Å²) in [5, 5.41) is 0. The molecule has 0 aromatic heterocycles. The molecule has 0 aliphatic carbocycles. The number of benzene rings is 4. The minimum atomic E-state index is -2.51. The Morgan fingerprint density at radius 1 is 0.528 bits per heavy atom. The van der Waals surface area contributed by atoms with Crippen molar-refractivity contribution in [2.45, 2.75) is 45.7 Å². The van der Waals surface area contributed by atoms with Gasteiger partial charge in [0.1, 0.15) is 0 Å². The van der Waals surface area contributed by atoms with E-state index in [0.717, 1.165) is 37.4 Å². The third-order valence-corrected chi connectivity index (χ3v) is 14.2. The number of para-hydroxylation sites is 2. The highest BCUT2D eigenvalue weighted by atomic mass is 32.2. The molecule has 2 aliphatic rings. The fourth-order valence-corrected chi connectivity index (χ4v) is 10.8. The number of amides is 2. The lowest BCUT2D eigenvalue weighted by molar-refractivity contribution is -0.192. The Kier molecular flexibility index (Phi) is 17.5. The minimum absolute atomic E-state index is 0.0397. The summed E-state index contributed by atoms with van der Waals surface area (Å²) in [4.78, 5) is 90.0. The third kappa shape index (κ3) is 11.0. The topological polar surface area (TPSA) is 208 Å². The maximum atomic E-state index is 15.3. The van der Waals surface area contributed by atoms with Gasteiger partial charge in [0, 0.05) is 60.9 Å². The molecule has 22 heteroatoms. The Hall–Kier alpha value is -6.88. The van der Waals surface area contributed by atoms with E-state index in [-0.39, 0.29) is 58.7 Å². The zero-order valence-corrected chi connectivity index (χ0v) is 43.7. The van der Waals surface area contributed by atoms with Gasteiger partial charge in [-0.15, -0.1) is 0 Å². The molecule has 4 unspecified atom stereocenters. The summed E-state index contributed by atoms with van der Waals surface area (Å²) in [6.07, 6.45) is -4.06. The van der Waals surface area contributed by atoms with Crippen molar-refractivity contribution in [1.29, 1.82) is 0 Å². The van der Waals surface area contributed by atoms with E-state index >= 15 is 19.2 Å².